The van der Waals surface area contributed by atoms with Crippen molar-refractivity contribution < 1.29 is 9.53 Å². The Hall–Kier alpha value is -1.23. The first kappa shape index (κ1) is 9.85. The molecule has 0 aliphatic carbocycles. The van der Waals surface area contributed by atoms with Crippen molar-refractivity contribution in [2.24, 2.45) is 0 Å². The molecule has 0 bridgehead atoms. The van der Waals surface area contributed by atoms with E-state index in [-0.39, 0.29) is 0 Å². The third-order valence-electron chi connectivity index (χ3n) is 1.21. The number of halogens is 1. The maximum atomic E-state index is 10.7. The Bertz CT molecular complexity index is 321. The lowest BCUT2D eigenvalue weighted by molar-refractivity contribution is -0.134. The Morgan fingerprint density at radius 3 is 2.69 bits per heavy atom. The van der Waals surface area contributed by atoms with Gasteiger partial charge in [0.1, 0.15) is 0 Å². The standard InChI is InChI=1S/C8H7BrN2O2/c1-13-8(12)3-2-7-10-4-6(9)5-11-7/h2-5H,1H3. The Morgan fingerprint density at radius 2 is 2.15 bits per heavy atom. The summed E-state index contributed by atoms with van der Waals surface area (Å²) >= 11 is 3.20. The number of esters is 1. The van der Waals surface area contributed by atoms with E-state index in [4.69, 9.17) is 0 Å². The SMILES string of the molecule is COC(=O)C=Cc1ncc(Br)cn1. The third kappa shape index (κ3) is 3.33. The molecule has 0 spiro atoms. The van der Waals surface area contributed by atoms with Gasteiger partial charge in [0.25, 0.3) is 0 Å². The third-order valence-corrected chi connectivity index (χ3v) is 1.62. The van der Waals surface area contributed by atoms with Crippen LogP contribution in [-0.2, 0) is 9.53 Å². The number of hydrogen-bond acceptors (Lipinski definition) is 4. The smallest absolute Gasteiger partial charge is 0.330 e. The Balaban J connectivity index is 2.69. The number of aromatic nitrogens is 2. The number of carbonyl (C=O) groups excluding carboxylic acids is 1. The van der Waals surface area contributed by atoms with Gasteiger partial charge < -0.3 is 4.74 Å². The fraction of sp³-hybridized carbons (Fsp3) is 0.125. The average molecular weight is 243 g/mol. The molecule has 0 N–H and O–H groups in total. The highest BCUT2D eigenvalue weighted by Crippen LogP contribution is 2.04. The van der Waals surface area contributed by atoms with Crippen molar-refractivity contribution in [3.63, 3.8) is 0 Å². The minimum absolute atomic E-state index is 0.425. The van der Waals surface area contributed by atoms with Crippen molar-refractivity contribution in [1.29, 1.82) is 0 Å². The molecule has 0 saturated heterocycles. The van der Waals surface area contributed by atoms with Crippen molar-refractivity contribution in [3.8, 4) is 0 Å². The van der Waals surface area contributed by atoms with E-state index in [0.717, 1.165) is 4.47 Å². The molecule has 0 fully saturated rings. The fourth-order valence-corrected chi connectivity index (χ4v) is 0.824. The van der Waals surface area contributed by atoms with Crippen LogP contribution >= 0.6 is 15.9 Å². The predicted molar refractivity (Wildman–Crippen MR) is 50.8 cm³/mol. The van der Waals surface area contributed by atoms with Crippen molar-refractivity contribution >= 4 is 28.0 Å². The van der Waals surface area contributed by atoms with Crippen molar-refractivity contribution in [3.05, 3.63) is 28.8 Å². The van der Waals surface area contributed by atoms with Crippen LogP contribution in [0.5, 0.6) is 0 Å². The summed E-state index contributed by atoms with van der Waals surface area (Å²) in [7, 11) is 1.31. The lowest BCUT2D eigenvalue weighted by atomic mass is 10.4. The Morgan fingerprint density at radius 1 is 1.54 bits per heavy atom. The lowest BCUT2D eigenvalue weighted by Crippen LogP contribution is -1.94. The van der Waals surface area contributed by atoms with E-state index in [9.17, 15) is 4.79 Å². The van der Waals surface area contributed by atoms with Crippen molar-refractivity contribution in [2.75, 3.05) is 7.11 Å². The number of rotatable bonds is 2. The van der Waals surface area contributed by atoms with Gasteiger partial charge in [-0.15, -0.1) is 0 Å². The zero-order valence-corrected chi connectivity index (χ0v) is 8.48. The number of nitrogens with zero attached hydrogens (tertiary/aromatic N) is 2. The van der Waals surface area contributed by atoms with Gasteiger partial charge in [0.2, 0.25) is 0 Å². The normalized spacial score (nSPS) is 10.3. The van der Waals surface area contributed by atoms with E-state index in [1.54, 1.807) is 12.4 Å². The molecular weight excluding hydrogens is 236 g/mol. The molecule has 0 amide bonds. The molecule has 1 aromatic rings. The summed E-state index contributed by atoms with van der Waals surface area (Å²) in [5.41, 5.74) is 0. The quantitative estimate of drug-likeness (QED) is 0.582. The lowest BCUT2D eigenvalue weighted by Gasteiger charge is -1.91. The van der Waals surface area contributed by atoms with Gasteiger partial charge in [-0.25, -0.2) is 14.8 Å². The number of carbonyl (C=O) groups is 1. The molecule has 0 saturated carbocycles. The van der Waals surface area contributed by atoms with Crippen LogP contribution in [0.25, 0.3) is 6.08 Å². The summed E-state index contributed by atoms with van der Waals surface area (Å²) in [6.07, 6.45) is 5.95. The topological polar surface area (TPSA) is 52.1 Å². The highest BCUT2D eigenvalue weighted by atomic mass is 79.9. The van der Waals surface area contributed by atoms with Crippen LogP contribution in [0.3, 0.4) is 0 Å². The van der Waals surface area contributed by atoms with E-state index in [0.29, 0.717) is 5.82 Å². The minimum atomic E-state index is -0.425. The molecule has 0 atom stereocenters. The summed E-state index contributed by atoms with van der Waals surface area (Å²) in [6, 6.07) is 0. The summed E-state index contributed by atoms with van der Waals surface area (Å²) in [5.74, 6) is 0.0418. The minimum Gasteiger partial charge on any atom is -0.466 e. The van der Waals surface area contributed by atoms with Gasteiger partial charge in [-0.05, 0) is 22.0 Å². The van der Waals surface area contributed by atoms with Gasteiger partial charge in [-0.2, -0.15) is 0 Å². The first-order chi connectivity index (χ1) is 6.22. The Kier molecular flexibility index (Phi) is 3.57. The van der Waals surface area contributed by atoms with Crippen molar-refractivity contribution in [2.45, 2.75) is 0 Å². The van der Waals surface area contributed by atoms with Crippen LogP contribution in [0.4, 0.5) is 0 Å². The molecule has 5 heteroatoms. The van der Waals surface area contributed by atoms with Gasteiger partial charge in [-0.1, -0.05) is 0 Å². The summed E-state index contributed by atoms with van der Waals surface area (Å²) < 4.78 is 5.20. The summed E-state index contributed by atoms with van der Waals surface area (Å²) in [4.78, 5) is 18.5. The van der Waals surface area contributed by atoms with Gasteiger partial charge in [-0.3, -0.25) is 0 Å². The number of ether oxygens (including phenoxy) is 1. The molecule has 0 unspecified atom stereocenters. The molecule has 68 valence electrons. The van der Waals surface area contributed by atoms with E-state index >= 15 is 0 Å². The van der Waals surface area contributed by atoms with Gasteiger partial charge >= 0.3 is 5.97 Å². The van der Waals surface area contributed by atoms with Gasteiger partial charge in [0, 0.05) is 18.5 Å². The highest BCUT2D eigenvalue weighted by Gasteiger charge is 1.93. The summed E-state index contributed by atoms with van der Waals surface area (Å²) in [5, 5.41) is 0. The molecule has 1 heterocycles. The maximum Gasteiger partial charge on any atom is 0.330 e. The van der Waals surface area contributed by atoms with E-state index in [2.05, 4.69) is 30.6 Å². The van der Waals surface area contributed by atoms with Crippen LogP contribution in [0, 0.1) is 0 Å². The van der Waals surface area contributed by atoms with E-state index in [1.165, 1.54) is 19.3 Å². The second kappa shape index (κ2) is 4.71. The molecule has 1 aromatic heterocycles. The highest BCUT2D eigenvalue weighted by molar-refractivity contribution is 9.10. The number of hydrogen-bond donors (Lipinski definition) is 0. The second-order valence-electron chi connectivity index (χ2n) is 2.12. The largest absolute Gasteiger partial charge is 0.466 e. The first-order valence-electron chi connectivity index (χ1n) is 3.46. The molecule has 4 nitrogen and oxygen atoms in total. The van der Waals surface area contributed by atoms with Crippen LogP contribution in [-0.4, -0.2) is 23.0 Å². The Labute approximate surface area is 83.8 Å². The van der Waals surface area contributed by atoms with Crippen LogP contribution in [0.15, 0.2) is 22.9 Å². The molecule has 0 radical (unpaired) electrons. The molecule has 0 aliphatic heterocycles. The summed E-state index contributed by atoms with van der Waals surface area (Å²) in [6.45, 7) is 0. The first-order valence-corrected chi connectivity index (χ1v) is 4.25. The van der Waals surface area contributed by atoms with Crippen molar-refractivity contribution in [1.82, 2.24) is 9.97 Å². The number of methoxy groups -OCH3 is 1. The second-order valence-corrected chi connectivity index (χ2v) is 3.03. The zero-order chi connectivity index (χ0) is 9.68. The van der Waals surface area contributed by atoms with Gasteiger partial charge in [0.15, 0.2) is 5.82 Å². The molecule has 1 rings (SSSR count). The molecule has 0 aromatic carbocycles. The van der Waals surface area contributed by atoms with Gasteiger partial charge in [0.05, 0.1) is 11.6 Å². The van der Waals surface area contributed by atoms with E-state index in [1.807, 2.05) is 0 Å². The average Bonchev–Trinajstić information content (AvgIpc) is 2.16. The zero-order valence-electron chi connectivity index (χ0n) is 6.90. The molecular formula is C8H7BrN2O2. The maximum absolute atomic E-state index is 10.7. The fourth-order valence-electron chi connectivity index (χ4n) is 0.619. The van der Waals surface area contributed by atoms with Crippen LogP contribution in [0.1, 0.15) is 5.82 Å². The molecule has 0 aliphatic rings. The molecule has 13 heavy (non-hydrogen) atoms. The predicted octanol–water partition coefficient (Wildman–Crippen LogP) is 1.43. The van der Waals surface area contributed by atoms with Crippen LogP contribution < -0.4 is 0 Å². The monoisotopic (exact) mass is 242 g/mol. The van der Waals surface area contributed by atoms with E-state index < -0.39 is 5.97 Å². The van der Waals surface area contributed by atoms with Crippen LogP contribution in [0.2, 0.25) is 0 Å².